The molecular weight excluding hydrogens is 224 g/mol. The number of carbonyl (C=O) groups excluding carboxylic acids is 1. The minimum Gasteiger partial charge on any atom is -0.505 e. The molecule has 0 aliphatic carbocycles. The molecule has 2 atom stereocenters. The van der Waals surface area contributed by atoms with E-state index in [0.29, 0.717) is 12.1 Å². The smallest absolute Gasteiger partial charge is 0.249 e. The first-order valence-corrected chi connectivity index (χ1v) is 4.18. The third-order valence-electron chi connectivity index (χ3n) is 1.97. The van der Waals surface area contributed by atoms with E-state index in [1.54, 1.807) is 0 Å². The van der Waals surface area contributed by atoms with Crippen LogP contribution in [0.15, 0.2) is 12.1 Å². The molecule has 0 fully saturated rings. The standard InChI is InChI=1S/C9H9F2NO4/c10-3-1-4(6(13)5(11)2-3)7(14)8(15)9(12)16/h1-2,7-8,13-15H,(H2,12,16). The fourth-order valence-corrected chi connectivity index (χ4v) is 1.14. The molecule has 88 valence electrons. The number of carbonyl (C=O) groups is 1. The van der Waals surface area contributed by atoms with Crippen LogP contribution >= 0.6 is 0 Å². The number of phenols is 1. The van der Waals surface area contributed by atoms with E-state index in [4.69, 9.17) is 10.2 Å². The van der Waals surface area contributed by atoms with Crippen LogP contribution in [0.25, 0.3) is 0 Å². The van der Waals surface area contributed by atoms with Gasteiger partial charge in [-0.25, -0.2) is 8.78 Å². The Kier molecular flexibility index (Phi) is 3.41. The Labute approximate surface area is 88.7 Å². The average Bonchev–Trinajstić information content (AvgIpc) is 2.21. The number of rotatable bonds is 3. The lowest BCUT2D eigenvalue weighted by molar-refractivity contribution is -0.132. The summed E-state index contributed by atoms with van der Waals surface area (Å²) in [7, 11) is 0. The number of aliphatic hydroxyl groups excluding tert-OH is 2. The van der Waals surface area contributed by atoms with Crippen molar-refractivity contribution in [2.45, 2.75) is 12.2 Å². The molecule has 1 amide bonds. The van der Waals surface area contributed by atoms with Crippen LogP contribution in [0, 0.1) is 11.6 Å². The molecule has 0 aliphatic heterocycles. The van der Waals surface area contributed by atoms with Crippen molar-refractivity contribution in [3.8, 4) is 5.75 Å². The number of hydrogen-bond acceptors (Lipinski definition) is 4. The van der Waals surface area contributed by atoms with Gasteiger partial charge in [0.2, 0.25) is 5.91 Å². The van der Waals surface area contributed by atoms with Gasteiger partial charge in [-0.2, -0.15) is 0 Å². The number of aromatic hydroxyl groups is 1. The highest BCUT2D eigenvalue weighted by molar-refractivity contribution is 5.79. The fraction of sp³-hybridized carbons (Fsp3) is 0.222. The first kappa shape index (κ1) is 12.3. The van der Waals surface area contributed by atoms with Gasteiger partial charge in [0.05, 0.1) is 0 Å². The molecule has 0 aromatic heterocycles. The summed E-state index contributed by atoms with van der Waals surface area (Å²) in [4.78, 5) is 10.5. The van der Waals surface area contributed by atoms with Gasteiger partial charge in [0, 0.05) is 11.6 Å². The average molecular weight is 233 g/mol. The zero-order valence-electron chi connectivity index (χ0n) is 7.89. The number of halogens is 2. The molecule has 0 saturated heterocycles. The van der Waals surface area contributed by atoms with Crippen LogP contribution in [-0.2, 0) is 4.79 Å². The van der Waals surface area contributed by atoms with Crippen LogP contribution < -0.4 is 5.73 Å². The summed E-state index contributed by atoms with van der Waals surface area (Å²) in [5.41, 5.74) is 4.03. The molecule has 1 rings (SSSR count). The van der Waals surface area contributed by atoms with Gasteiger partial charge in [-0.15, -0.1) is 0 Å². The number of benzene rings is 1. The normalized spacial score (nSPS) is 14.5. The van der Waals surface area contributed by atoms with Crippen molar-refractivity contribution in [3.63, 3.8) is 0 Å². The fourth-order valence-electron chi connectivity index (χ4n) is 1.14. The van der Waals surface area contributed by atoms with E-state index in [2.05, 4.69) is 5.73 Å². The van der Waals surface area contributed by atoms with Gasteiger partial charge < -0.3 is 21.1 Å². The van der Waals surface area contributed by atoms with Crippen molar-refractivity contribution < 1.29 is 28.9 Å². The van der Waals surface area contributed by atoms with Gasteiger partial charge in [-0.1, -0.05) is 0 Å². The van der Waals surface area contributed by atoms with Crippen molar-refractivity contribution in [1.29, 1.82) is 0 Å². The summed E-state index contributed by atoms with van der Waals surface area (Å²) in [6.07, 6.45) is -4.06. The van der Waals surface area contributed by atoms with Crippen molar-refractivity contribution >= 4 is 5.91 Å². The molecule has 1 aromatic carbocycles. The molecule has 5 nitrogen and oxygen atoms in total. The summed E-state index contributed by atoms with van der Waals surface area (Å²) < 4.78 is 25.6. The number of aliphatic hydroxyl groups is 2. The number of phenolic OH excluding ortho intramolecular Hbond substituents is 1. The predicted molar refractivity (Wildman–Crippen MR) is 48.2 cm³/mol. The molecule has 2 unspecified atom stereocenters. The van der Waals surface area contributed by atoms with Gasteiger partial charge in [0.15, 0.2) is 17.7 Å². The Morgan fingerprint density at radius 2 is 1.88 bits per heavy atom. The SMILES string of the molecule is NC(=O)C(O)C(O)c1cc(F)cc(F)c1O. The maximum atomic E-state index is 12.9. The van der Waals surface area contributed by atoms with Crippen molar-refractivity contribution in [2.75, 3.05) is 0 Å². The molecule has 0 bridgehead atoms. The van der Waals surface area contributed by atoms with E-state index in [9.17, 15) is 18.7 Å². The van der Waals surface area contributed by atoms with Crippen molar-refractivity contribution in [3.05, 3.63) is 29.3 Å². The van der Waals surface area contributed by atoms with E-state index in [1.807, 2.05) is 0 Å². The number of hydrogen-bond donors (Lipinski definition) is 4. The summed E-state index contributed by atoms with van der Waals surface area (Å²) >= 11 is 0. The molecule has 0 radical (unpaired) electrons. The highest BCUT2D eigenvalue weighted by Crippen LogP contribution is 2.29. The Bertz CT molecular complexity index is 424. The lowest BCUT2D eigenvalue weighted by atomic mass is 10.0. The van der Waals surface area contributed by atoms with Crippen LogP contribution in [0.4, 0.5) is 8.78 Å². The van der Waals surface area contributed by atoms with Crippen LogP contribution in [-0.4, -0.2) is 27.3 Å². The first-order valence-electron chi connectivity index (χ1n) is 4.18. The Morgan fingerprint density at radius 1 is 1.31 bits per heavy atom. The minimum atomic E-state index is -2.06. The minimum absolute atomic E-state index is 0.391. The topological polar surface area (TPSA) is 104 Å². The Hall–Kier alpha value is -1.73. The van der Waals surface area contributed by atoms with Gasteiger partial charge in [0.1, 0.15) is 11.9 Å². The third-order valence-corrected chi connectivity index (χ3v) is 1.97. The molecule has 0 saturated carbocycles. The van der Waals surface area contributed by atoms with Crippen LogP contribution in [0.1, 0.15) is 11.7 Å². The molecule has 0 aliphatic rings. The van der Waals surface area contributed by atoms with E-state index in [-0.39, 0.29) is 0 Å². The maximum Gasteiger partial charge on any atom is 0.249 e. The quantitative estimate of drug-likeness (QED) is 0.567. The second-order valence-corrected chi connectivity index (χ2v) is 3.12. The zero-order valence-corrected chi connectivity index (χ0v) is 7.89. The van der Waals surface area contributed by atoms with Gasteiger partial charge in [-0.3, -0.25) is 4.79 Å². The third kappa shape index (κ3) is 2.26. The molecule has 7 heteroatoms. The Morgan fingerprint density at radius 3 is 2.38 bits per heavy atom. The maximum absolute atomic E-state index is 12.9. The van der Waals surface area contributed by atoms with Crippen LogP contribution in [0.2, 0.25) is 0 Å². The molecule has 16 heavy (non-hydrogen) atoms. The summed E-state index contributed by atoms with van der Waals surface area (Å²) in [6.45, 7) is 0. The monoisotopic (exact) mass is 233 g/mol. The molecule has 1 aromatic rings. The Balaban J connectivity index is 3.17. The highest BCUT2D eigenvalue weighted by atomic mass is 19.1. The van der Waals surface area contributed by atoms with Crippen LogP contribution in [0.3, 0.4) is 0 Å². The second-order valence-electron chi connectivity index (χ2n) is 3.12. The molecule has 0 spiro atoms. The molecule has 5 N–H and O–H groups in total. The lowest BCUT2D eigenvalue weighted by Gasteiger charge is -2.16. The summed E-state index contributed by atoms with van der Waals surface area (Å²) in [5, 5.41) is 27.6. The van der Waals surface area contributed by atoms with E-state index in [0.717, 1.165) is 0 Å². The van der Waals surface area contributed by atoms with Gasteiger partial charge in [-0.05, 0) is 6.07 Å². The van der Waals surface area contributed by atoms with Crippen molar-refractivity contribution in [2.24, 2.45) is 5.73 Å². The van der Waals surface area contributed by atoms with Crippen LogP contribution in [0.5, 0.6) is 5.75 Å². The first-order chi connectivity index (χ1) is 7.34. The molecule has 0 heterocycles. The van der Waals surface area contributed by atoms with Gasteiger partial charge >= 0.3 is 0 Å². The predicted octanol–water partition coefficient (Wildman–Crippen LogP) is -0.450. The van der Waals surface area contributed by atoms with Gasteiger partial charge in [0.25, 0.3) is 0 Å². The number of nitrogens with two attached hydrogens (primary N) is 1. The van der Waals surface area contributed by atoms with E-state index in [1.165, 1.54) is 0 Å². The zero-order chi connectivity index (χ0) is 12.5. The largest absolute Gasteiger partial charge is 0.505 e. The van der Waals surface area contributed by atoms with E-state index < -0.39 is 41.1 Å². The summed E-state index contributed by atoms with van der Waals surface area (Å²) in [6, 6.07) is 0.984. The van der Waals surface area contributed by atoms with E-state index >= 15 is 0 Å². The van der Waals surface area contributed by atoms with Crippen molar-refractivity contribution in [1.82, 2.24) is 0 Å². The molecular formula is C9H9F2NO4. The second kappa shape index (κ2) is 4.42. The summed E-state index contributed by atoms with van der Waals surface area (Å²) in [5.74, 6) is -4.71. The highest BCUT2D eigenvalue weighted by Gasteiger charge is 2.27. The number of primary amides is 1. The number of amides is 1. The lowest BCUT2D eigenvalue weighted by Crippen LogP contribution is -2.34.